The quantitative estimate of drug-likeness (QED) is 0.654. The van der Waals surface area contributed by atoms with Crippen LogP contribution in [0.15, 0.2) is 47.5 Å². The van der Waals surface area contributed by atoms with Crippen molar-refractivity contribution in [3.8, 4) is 5.75 Å². The lowest BCUT2D eigenvalue weighted by molar-refractivity contribution is -0.138. The zero-order chi connectivity index (χ0) is 20.0. The molecule has 0 heterocycles. The highest BCUT2D eigenvalue weighted by Crippen LogP contribution is 2.24. The molecular formula is C22H26FNO3. The van der Waals surface area contributed by atoms with Gasteiger partial charge in [-0.25, -0.2) is 4.39 Å². The number of nitrogens with zero attached hydrogens (tertiary/aromatic N) is 1. The number of aliphatic carboxylic acids is 1. The van der Waals surface area contributed by atoms with Gasteiger partial charge in [0.1, 0.15) is 11.6 Å². The van der Waals surface area contributed by atoms with E-state index in [2.05, 4.69) is 4.99 Å². The molecule has 1 atom stereocenters. The second-order valence-corrected chi connectivity index (χ2v) is 7.31. The SMILES string of the molecule is Cc1cccc(C(=NC[C@H](CC(=O)O)CC(C)C)c2cc(F)ccc2O)c1. The lowest BCUT2D eigenvalue weighted by atomic mass is 9.93. The van der Waals surface area contributed by atoms with Crippen molar-refractivity contribution in [2.45, 2.75) is 33.6 Å². The van der Waals surface area contributed by atoms with Crippen LogP contribution in [0.5, 0.6) is 5.75 Å². The fourth-order valence-corrected chi connectivity index (χ4v) is 3.18. The summed E-state index contributed by atoms with van der Waals surface area (Å²) in [6.45, 7) is 6.32. The molecule has 0 aliphatic carbocycles. The fraction of sp³-hybridized carbons (Fsp3) is 0.364. The number of carboxylic acid groups (broad SMARTS) is 1. The van der Waals surface area contributed by atoms with Crippen LogP contribution < -0.4 is 0 Å². The number of halogens is 1. The van der Waals surface area contributed by atoms with Gasteiger partial charge in [-0.1, -0.05) is 37.6 Å². The maximum atomic E-state index is 13.8. The van der Waals surface area contributed by atoms with Gasteiger partial charge in [-0.3, -0.25) is 9.79 Å². The molecule has 0 spiro atoms. The van der Waals surface area contributed by atoms with E-state index < -0.39 is 11.8 Å². The zero-order valence-electron chi connectivity index (χ0n) is 15.9. The summed E-state index contributed by atoms with van der Waals surface area (Å²) in [4.78, 5) is 15.8. The van der Waals surface area contributed by atoms with Gasteiger partial charge in [0.15, 0.2) is 0 Å². The van der Waals surface area contributed by atoms with Crippen LogP contribution in [0.25, 0.3) is 0 Å². The van der Waals surface area contributed by atoms with Crippen molar-refractivity contribution in [2.24, 2.45) is 16.8 Å². The Morgan fingerprint density at radius 3 is 2.56 bits per heavy atom. The zero-order valence-corrected chi connectivity index (χ0v) is 15.9. The Morgan fingerprint density at radius 1 is 1.19 bits per heavy atom. The van der Waals surface area contributed by atoms with Gasteiger partial charge in [-0.15, -0.1) is 0 Å². The second-order valence-electron chi connectivity index (χ2n) is 7.31. The van der Waals surface area contributed by atoms with Crippen LogP contribution in [0.1, 0.15) is 43.4 Å². The largest absolute Gasteiger partial charge is 0.507 e. The Balaban J connectivity index is 2.46. The monoisotopic (exact) mass is 371 g/mol. The van der Waals surface area contributed by atoms with Crippen LogP contribution >= 0.6 is 0 Å². The number of carbonyl (C=O) groups is 1. The Bertz CT molecular complexity index is 830. The molecular weight excluding hydrogens is 345 g/mol. The topological polar surface area (TPSA) is 69.9 Å². The van der Waals surface area contributed by atoms with Crippen molar-refractivity contribution in [1.82, 2.24) is 0 Å². The first-order valence-corrected chi connectivity index (χ1v) is 9.08. The van der Waals surface area contributed by atoms with Gasteiger partial charge in [0.2, 0.25) is 0 Å². The van der Waals surface area contributed by atoms with E-state index in [-0.39, 0.29) is 18.1 Å². The minimum Gasteiger partial charge on any atom is -0.507 e. The van der Waals surface area contributed by atoms with Crippen LogP contribution in [-0.2, 0) is 4.79 Å². The van der Waals surface area contributed by atoms with Gasteiger partial charge < -0.3 is 10.2 Å². The van der Waals surface area contributed by atoms with Crippen molar-refractivity contribution in [2.75, 3.05) is 6.54 Å². The van der Waals surface area contributed by atoms with E-state index in [9.17, 15) is 19.4 Å². The molecule has 5 heteroatoms. The van der Waals surface area contributed by atoms with E-state index in [1.807, 2.05) is 45.0 Å². The summed E-state index contributed by atoms with van der Waals surface area (Å²) < 4.78 is 13.8. The minimum atomic E-state index is -0.860. The highest BCUT2D eigenvalue weighted by Gasteiger charge is 2.17. The number of aliphatic imine (C=N–C) groups is 1. The molecule has 27 heavy (non-hydrogen) atoms. The molecule has 2 rings (SSSR count). The predicted octanol–water partition coefficient (Wildman–Crippen LogP) is 4.81. The van der Waals surface area contributed by atoms with Gasteiger partial charge in [-0.05, 0) is 49.4 Å². The maximum Gasteiger partial charge on any atom is 0.303 e. The third-order valence-electron chi connectivity index (χ3n) is 4.28. The third-order valence-corrected chi connectivity index (χ3v) is 4.28. The number of aromatic hydroxyl groups is 1. The lowest BCUT2D eigenvalue weighted by Gasteiger charge is -2.17. The molecule has 0 unspecified atom stereocenters. The van der Waals surface area contributed by atoms with Gasteiger partial charge in [0.05, 0.1) is 5.71 Å². The highest BCUT2D eigenvalue weighted by molar-refractivity contribution is 6.14. The molecule has 0 aromatic heterocycles. The molecule has 0 aliphatic heterocycles. The average Bonchev–Trinajstić information content (AvgIpc) is 2.57. The number of benzene rings is 2. The average molecular weight is 371 g/mol. The van der Waals surface area contributed by atoms with Gasteiger partial charge in [-0.2, -0.15) is 0 Å². The second kappa shape index (κ2) is 9.31. The minimum absolute atomic E-state index is 0.0257. The molecule has 2 aromatic rings. The summed E-state index contributed by atoms with van der Waals surface area (Å²) in [5, 5.41) is 19.4. The van der Waals surface area contributed by atoms with Crippen LogP contribution in [0.3, 0.4) is 0 Å². The summed E-state index contributed by atoms with van der Waals surface area (Å²) >= 11 is 0. The van der Waals surface area contributed by atoms with Crippen molar-refractivity contribution in [3.63, 3.8) is 0 Å². The Morgan fingerprint density at radius 2 is 1.93 bits per heavy atom. The van der Waals surface area contributed by atoms with Gasteiger partial charge in [0.25, 0.3) is 0 Å². The van der Waals surface area contributed by atoms with E-state index in [1.54, 1.807) is 0 Å². The number of aryl methyl sites for hydroxylation is 1. The van der Waals surface area contributed by atoms with E-state index in [4.69, 9.17) is 0 Å². The predicted molar refractivity (Wildman–Crippen MR) is 105 cm³/mol. The Labute approximate surface area is 159 Å². The number of hydrogen-bond acceptors (Lipinski definition) is 3. The summed E-state index contributed by atoms with van der Waals surface area (Å²) in [5.74, 6) is -1.17. The number of hydrogen-bond donors (Lipinski definition) is 2. The number of phenols is 1. The van der Waals surface area contributed by atoms with E-state index >= 15 is 0 Å². The van der Waals surface area contributed by atoms with E-state index in [0.717, 1.165) is 17.5 Å². The molecule has 0 radical (unpaired) electrons. The third kappa shape index (κ3) is 6.20. The van der Waals surface area contributed by atoms with Gasteiger partial charge in [0, 0.05) is 24.1 Å². The van der Waals surface area contributed by atoms with E-state index in [0.29, 0.717) is 23.7 Å². The fourth-order valence-electron chi connectivity index (χ4n) is 3.18. The first-order chi connectivity index (χ1) is 12.8. The molecule has 0 saturated carbocycles. The standard InChI is InChI=1S/C22H26FNO3/c1-14(2)9-16(11-21(26)27)13-24-22(17-6-4-5-15(3)10-17)19-12-18(23)7-8-20(19)25/h4-8,10,12,14,16,25H,9,11,13H2,1-3H3,(H,26,27)/t16-/m0/s1. The summed E-state index contributed by atoms with van der Waals surface area (Å²) in [5.41, 5.74) is 2.55. The summed E-state index contributed by atoms with van der Waals surface area (Å²) in [6.07, 6.45) is 0.754. The Hall–Kier alpha value is -2.69. The molecule has 0 bridgehead atoms. The smallest absolute Gasteiger partial charge is 0.303 e. The van der Waals surface area contributed by atoms with Crippen molar-refractivity contribution in [1.29, 1.82) is 0 Å². The Kier molecular flexibility index (Phi) is 7.11. The highest BCUT2D eigenvalue weighted by atomic mass is 19.1. The molecule has 0 amide bonds. The van der Waals surface area contributed by atoms with Crippen molar-refractivity contribution < 1.29 is 19.4 Å². The molecule has 2 aromatic carbocycles. The first-order valence-electron chi connectivity index (χ1n) is 9.08. The van der Waals surface area contributed by atoms with Crippen LogP contribution in [-0.4, -0.2) is 28.4 Å². The van der Waals surface area contributed by atoms with Crippen molar-refractivity contribution >= 4 is 11.7 Å². The normalized spacial score (nSPS) is 13.0. The lowest BCUT2D eigenvalue weighted by Crippen LogP contribution is -2.15. The number of phenolic OH excluding ortho intramolecular Hbond substituents is 1. The molecule has 4 nitrogen and oxygen atoms in total. The molecule has 0 aliphatic rings. The van der Waals surface area contributed by atoms with E-state index in [1.165, 1.54) is 18.2 Å². The molecule has 0 fully saturated rings. The van der Waals surface area contributed by atoms with Gasteiger partial charge >= 0.3 is 5.97 Å². The summed E-state index contributed by atoms with van der Waals surface area (Å²) in [6, 6.07) is 11.3. The van der Waals surface area contributed by atoms with Crippen LogP contribution in [0, 0.1) is 24.6 Å². The molecule has 0 saturated heterocycles. The van der Waals surface area contributed by atoms with Crippen LogP contribution in [0.2, 0.25) is 0 Å². The maximum absolute atomic E-state index is 13.8. The molecule has 2 N–H and O–H groups in total. The van der Waals surface area contributed by atoms with Crippen LogP contribution in [0.4, 0.5) is 4.39 Å². The first kappa shape index (κ1) is 20.6. The number of carboxylic acids is 1. The number of rotatable bonds is 8. The summed E-state index contributed by atoms with van der Waals surface area (Å²) in [7, 11) is 0. The van der Waals surface area contributed by atoms with Crippen molar-refractivity contribution in [3.05, 3.63) is 65.0 Å². The molecule has 144 valence electrons.